The molecule has 3 heterocycles. The van der Waals surface area contributed by atoms with E-state index < -0.39 is 12.0 Å². The van der Waals surface area contributed by atoms with Gasteiger partial charge in [-0.25, -0.2) is 9.97 Å². The van der Waals surface area contributed by atoms with Crippen LogP contribution in [0, 0.1) is 11.8 Å². The zero-order chi connectivity index (χ0) is 23.0. The van der Waals surface area contributed by atoms with Crippen LogP contribution in [0.5, 0.6) is 0 Å². The van der Waals surface area contributed by atoms with Crippen LogP contribution in [0.15, 0.2) is 42.9 Å². The van der Waals surface area contributed by atoms with Crippen LogP contribution in [0.1, 0.15) is 42.5 Å². The Morgan fingerprint density at radius 2 is 2.09 bits per heavy atom. The maximum atomic E-state index is 13.6. The first-order chi connectivity index (χ1) is 16.0. The number of carbonyl (C=O) groups is 1. The Bertz CT molecular complexity index is 1220. The standard InChI is InChI=1S/C24H25N7O2/c1-24(10-11-24)31-18(8-7-17-9-12-28-30-17)19(20-21(25)26-14-27-22(20)31)23(32)29-16-5-3-15(4-6-16)13-33-2/h3-6,9,12,14,18-19H,10-11,13H2,1-2H3,(H,28,30)(H,29,32)(H2,25,26,27). The number of nitrogens with two attached hydrogens (primary N) is 1. The molecule has 0 spiro atoms. The molecule has 1 amide bonds. The van der Waals surface area contributed by atoms with Crippen molar-refractivity contribution in [1.29, 1.82) is 0 Å². The molecule has 4 N–H and O–H groups in total. The Hall–Kier alpha value is -3.90. The highest BCUT2D eigenvalue weighted by Gasteiger charge is 2.55. The van der Waals surface area contributed by atoms with Crippen molar-refractivity contribution in [2.24, 2.45) is 0 Å². The lowest BCUT2D eigenvalue weighted by molar-refractivity contribution is -0.117. The average molecular weight is 444 g/mol. The molecule has 1 aliphatic heterocycles. The first-order valence-corrected chi connectivity index (χ1v) is 10.8. The van der Waals surface area contributed by atoms with Crippen LogP contribution in [0.2, 0.25) is 0 Å². The fourth-order valence-electron chi connectivity index (χ4n) is 4.31. The summed E-state index contributed by atoms with van der Waals surface area (Å²) >= 11 is 0. The van der Waals surface area contributed by atoms with Gasteiger partial charge in [0, 0.05) is 24.5 Å². The molecule has 5 rings (SSSR count). The Kier molecular flexibility index (Phi) is 5.23. The number of hydrogen-bond donors (Lipinski definition) is 3. The summed E-state index contributed by atoms with van der Waals surface area (Å²) in [6, 6.07) is 8.92. The molecule has 0 bridgehead atoms. The summed E-state index contributed by atoms with van der Waals surface area (Å²) < 4.78 is 5.16. The Labute approximate surface area is 191 Å². The fourth-order valence-corrected chi connectivity index (χ4v) is 4.31. The van der Waals surface area contributed by atoms with Gasteiger partial charge >= 0.3 is 0 Å². The number of nitrogens with one attached hydrogen (secondary N) is 2. The van der Waals surface area contributed by atoms with E-state index in [0.29, 0.717) is 35.2 Å². The maximum Gasteiger partial charge on any atom is 0.235 e. The van der Waals surface area contributed by atoms with E-state index in [1.54, 1.807) is 19.4 Å². The third-order valence-electron chi connectivity index (χ3n) is 6.25. The number of aromatic amines is 1. The number of anilines is 3. The van der Waals surface area contributed by atoms with Crippen LogP contribution < -0.4 is 16.0 Å². The molecule has 1 fully saturated rings. The number of methoxy groups -OCH3 is 1. The van der Waals surface area contributed by atoms with Crippen molar-refractivity contribution in [2.75, 3.05) is 23.1 Å². The molecule has 0 radical (unpaired) electrons. The highest BCUT2D eigenvalue weighted by Crippen LogP contribution is 2.53. The van der Waals surface area contributed by atoms with E-state index in [-0.39, 0.29) is 11.4 Å². The van der Waals surface area contributed by atoms with Crippen molar-refractivity contribution in [3.05, 3.63) is 59.7 Å². The number of amides is 1. The Balaban J connectivity index is 1.53. The fraction of sp³-hybridized carbons (Fsp3) is 0.333. The zero-order valence-electron chi connectivity index (χ0n) is 18.5. The van der Waals surface area contributed by atoms with E-state index in [1.165, 1.54) is 6.33 Å². The minimum absolute atomic E-state index is 0.125. The van der Waals surface area contributed by atoms with Crippen LogP contribution >= 0.6 is 0 Å². The zero-order valence-corrected chi connectivity index (χ0v) is 18.5. The van der Waals surface area contributed by atoms with E-state index in [0.717, 1.165) is 18.4 Å². The van der Waals surface area contributed by atoms with Gasteiger partial charge in [0.05, 0.1) is 12.2 Å². The summed E-state index contributed by atoms with van der Waals surface area (Å²) in [7, 11) is 1.65. The number of H-pyrrole nitrogens is 1. The number of hydrogen-bond acceptors (Lipinski definition) is 7. The highest BCUT2D eigenvalue weighted by atomic mass is 16.5. The van der Waals surface area contributed by atoms with Crippen LogP contribution in [-0.2, 0) is 16.1 Å². The first-order valence-electron chi connectivity index (χ1n) is 10.8. The molecule has 2 aliphatic rings. The van der Waals surface area contributed by atoms with E-state index in [9.17, 15) is 4.79 Å². The van der Waals surface area contributed by atoms with Crippen LogP contribution in [0.3, 0.4) is 0 Å². The van der Waals surface area contributed by atoms with Gasteiger partial charge in [0.2, 0.25) is 5.91 Å². The number of nitrogens with zero attached hydrogens (tertiary/aromatic N) is 4. The van der Waals surface area contributed by atoms with Gasteiger partial charge in [0.1, 0.15) is 35.6 Å². The quantitative estimate of drug-likeness (QED) is 0.518. The second kappa shape index (κ2) is 8.22. The molecule has 33 heavy (non-hydrogen) atoms. The molecule has 2 atom stereocenters. The molecule has 2 unspecified atom stereocenters. The van der Waals surface area contributed by atoms with Gasteiger partial charge in [-0.3, -0.25) is 9.89 Å². The lowest BCUT2D eigenvalue weighted by Crippen LogP contribution is -2.44. The van der Waals surface area contributed by atoms with Crippen LogP contribution in [0.25, 0.3) is 0 Å². The highest BCUT2D eigenvalue weighted by molar-refractivity contribution is 6.00. The monoisotopic (exact) mass is 443 g/mol. The number of rotatable bonds is 5. The maximum absolute atomic E-state index is 13.6. The van der Waals surface area contributed by atoms with Crippen molar-refractivity contribution in [3.63, 3.8) is 0 Å². The lowest BCUT2D eigenvalue weighted by Gasteiger charge is -2.31. The van der Waals surface area contributed by atoms with Crippen LogP contribution in [0.4, 0.5) is 17.3 Å². The third kappa shape index (κ3) is 3.90. The van der Waals surface area contributed by atoms with E-state index in [2.05, 4.69) is 49.1 Å². The van der Waals surface area contributed by atoms with Crippen LogP contribution in [-0.4, -0.2) is 44.8 Å². The van der Waals surface area contributed by atoms with Gasteiger partial charge < -0.3 is 20.7 Å². The van der Waals surface area contributed by atoms with Crippen molar-refractivity contribution in [1.82, 2.24) is 20.2 Å². The molecule has 9 nitrogen and oxygen atoms in total. The molecule has 168 valence electrons. The predicted octanol–water partition coefficient (Wildman–Crippen LogP) is 2.44. The average Bonchev–Trinajstić information content (AvgIpc) is 3.21. The van der Waals surface area contributed by atoms with Gasteiger partial charge in [0.15, 0.2) is 0 Å². The molecule has 3 aromatic rings. The summed E-state index contributed by atoms with van der Waals surface area (Å²) in [5, 5.41) is 9.85. The third-order valence-corrected chi connectivity index (χ3v) is 6.25. The lowest BCUT2D eigenvalue weighted by atomic mass is 9.94. The van der Waals surface area contributed by atoms with Gasteiger partial charge in [-0.1, -0.05) is 18.1 Å². The van der Waals surface area contributed by atoms with E-state index >= 15 is 0 Å². The van der Waals surface area contributed by atoms with E-state index in [1.807, 2.05) is 24.3 Å². The number of ether oxygens (including phenoxy) is 1. The molecule has 0 saturated heterocycles. The summed E-state index contributed by atoms with van der Waals surface area (Å²) in [6.45, 7) is 2.67. The minimum atomic E-state index is -0.646. The molecule has 2 aromatic heterocycles. The van der Waals surface area contributed by atoms with Crippen molar-refractivity contribution < 1.29 is 9.53 Å². The molecule has 1 aliphatic carbocycles. The van der Waals surface area contributed by atoms with Gasteiger partial charge in [-0.05, 0) is 49.4 Å². The topological polar surface area (TPSA) is 122 Å². The first kappa shape index (κ1) is 21.0. The Morgan fingerprint density at radius 1 is 1.30 bits per heavy atom. The van der Waals surface area contributed by atoms with Gasteiger partial charge in [0.25, 0.3) is 0 Å². The second-order valence-electron chi connectivity index (χ2n) is 8.64. The molecule has 1 saturated carbocycles. The number of nitrogen functional groups attached to an aromatic ring is 1. The number of aromatic nitrogens is 4. The number of fused-ring (bicyclic) bond motifs is 1. The van der Waals surface area contributed by atoms with Crippen molar-refractivity contribution in [3.8, 4) is 11.8 Å². The minimum Gasteiger partial charge on any atom is -0.383 e. The number of benzene rings is 1. The van der Waals surface area contributed by atoms with Gasteiger partial charge in [-0.2, -0.15) is 5.10 Å². The Morgan fingerprint density at radius 3 is 2.76 bits per heavy atom. The molecular weight excluding hydrogens is 418 g/mol. The number of carbonyl (C=O) groups excluding carboxylic acids is 1. The molecule has 1 aromatic carbocycles. The van der Waals surface area contributed by atoms with Crippen molar-refractivity contribution in [2.45, 2.75) is 43.9 Å². The predicted molar refractivity (Wildman–Crippen MR) is 124 cm³/mol. The summed E-state index contributed by atoms with van der Waals surface area (Å²) in [5.41, 5.74) is 9.18. The summed E-state index contributed by atoms with van der Waals surface area (Å²) in [4.78, 5) is 24.5. The largest absolute Gasteiger partial charge is 0.383 e. The van der Waals surface area contributed by atoms with Crippen molar-refractivity contribution >= 4 is 23.2 Å². The normalized spacial score (nSPS) is 20.0. The second-order valence-corrected chi connectivity index (χ2v) is 8.64. The summed E-state index contributed by atoms with van der Waals surface area (Å²) in [5.74, 6) is 6.57. The SMILES string of the molecule is COCc1ccc(NC(=O)C2c3c(N)ncnc3N(C3(C)CC3)C2C#Cc2ccn[nH]2)cc1. The van der Waals surface area contributed by atoms with Gasteiger partial charge in [-0.15, -0.1) is 0 Å². The summed E-state index contributed by atoms with van der Waals surface area (Å²) in [6.07, 6.45) is 5.08. The smallest absolute Gasteiger partial charge is 0.235 e. The molecule has 9 heteroatoms. The molecular formula is C24H25N7O2. The van der Waals surface area contributed by atoms with E-state index in [4.69, 9.17) is 10.5 Å².